The summed E-state index contributed by atoms with van der Waals surface area (Å²) in [5.74, 6) is 0.503. The molecule has 0 amide bonds. The third-order valence-corrected chi connectivity index (χ3v) is 1.63. The molecule has 3 nitrogen and oxygen atoms in total. The number of hydrogen-bond acceptors (Lipinski definition) is 3. The van der Waals surface area contributed by atoms with Crippen LogP contribution in [0.4, 0.5) is 0 Å². The Morgan fingerprint density at radius 2 is 2.43 bits per heavy atom. The van der Waals surface area contributed by atoms with E-state index in [9.17, 15) is 0 Å². The van der Waals surface area contributed by atoms with E-state index in [-0.39, 0.29) is 0 Å². The zero-order chi connectivity index (χ0) is 10.4. The quantitative estimate of drug-likeness (QED) is 0.537. The fourth-order valence-electron chi connectivity index (χ4n) is 1.02. The molecule has 0 aliphatic rings. The highest BCUT2D eigenvalue weighted by Gasteiger charge is 1.99. The molecule has 1 aromatic heterocycles. The predicted octanol–water partition coefficient (Wildman–Crippen LogP) is 2.22. The van der Waals surface area contributed by atoms with E-state index in [2.05, 4.69) is 17.6 Å². The van der Waals surface area contributed by atoms with Gasteiger partial charge in [-0.05, 0) is 19.4 Å². The van der Waals surface area contributed by atoms with Crippen LogP contribution >= 0.6 is 0 Å². The van der Waals surface area contributed by atoms with Gasteiger partial charge in [-0.15, -0.1) is 6.58 Å². The average Bonchev–Trinajstić information content (AvgIpc) is 2.17. The van der Waals surface area contributed by atoms with Crippen molar-refractivity contribution in [3.8, 4) is 11.9 Å². The van der Waals surface area contributed by atoms with Crippen molar-refractivity contribution in [3.05, 3.63) is 36.0 Å². The van der Waals surface area contributed by atoms with Crippen molar-refractivity contribution in [1.82, 2.24) is 4.98 Å². The predicted molar refractivity (Wildman–Crippen MR) is 54.0 cm³/mol. The van der Waals surface area contributed by atoms with E-state index in [0.717, 1.165) is 12.1 Å². The Kier molecular flexibility index (Phi) is 3.69. The second-order valence-electron chi connectivity index (χ2n) is 2.87. The van der Waals surface area contributed by atoms with Gasteiger partial charge in [0, 0.05) is 11.8 Å². The second-order valence-corrected chi connectivity index (χ2v) is 2.87. The van der Waals surface area contributed by atoms with Gasteiger partial charge in [0.15, 0.2) is 0 Å². The van der Waals surface area contributed by atoms with Gasteiger partial charge in [-0.3, -0.25) is 0 Å². The van der Waals surface area contributed by atoms with Crippen molar-refractivity contribution in [3.63, 3.8) is 0 Å². The molecule has 0 atom stereocenters. The zero-order valence-electron chi connectivity index (χ0n) is 8.16. The minimum Gasteiger partial charge on any atom is -0.477 e. The number of ether oxygens (including phenoxy) is 1. The van der Waals surface area contributed by atoms with Gasteiger partial charge in [0.1, 0.15) is 0 Å². The molecule has 0 fully saturated rings. The van der Waals surface area contributed by atoms with Gasteiger partial charge in [0.25, 0.3) is 0 Å². The van der Waals surface area contributed by atoms with Crippen LogP contribution in [-0.2, 0) is 0 Å². The third kappa shape index (κ3) is 2.91. The highest BCUT2D eigenvalue weighted by molar-refractivity contribution is 5.34. The summed E-state index contributed by atoms with van der Waals surface area (Å²) in [5.41, 5.74) is 1.36. The van der Waals surface area contributed by atoms with Crippen molar-refractivity contribution in [2.24, 2.45) is 0 Å². The van der Waals surface area contributed by atoms with Crippen LogP contribution in [0.3, 0.4) is 0 Å². The summed E-state index contributed by atoms with van der Waals surface area (Å²) in [6, 6.07) is 5.42. The van der Waals surface area contributed by atoms with Gasteiger partial charge < -0.3 is 4.74 Å². The lowest BCUT2D eigenvalue weighted by atomic mass is 10.2. The van der Waals surface area contributed by atoms with E-state index in [4.69, 9.17) is 10.00 Å². The van der Waals surface area contributed by atoms with E-state index < -0.39 is 0 Å². The van der Waals surface area contributed by atoms with Gasteiger partial charge in [-0.25, -0.2) is 4.98 Å². The van der Waals surface area contributed by atoms with E-state index in [1.165, 1.54) is 0 Å². The molecule has 0 unspecified atom stereocenters. The summed E-state index contributed by atoms with van der Waals surface area (Å²) < 4.78 is 5.34. The summed E-state index contributed by atoms with van der Waals surface area (Å²) in [7, 11) is 0. The molecule has 0 saturated carbocycles. The number of aryl methyl sites for hydroxylation is 1. The van der Waals surface area contributed by atoms with E-state index in [1.54, 1.807) is 18.2 Å². The zero-order valence-corrected chi connectivity index (χ0v) is 8.16. The van der Waals surface area contributed by atoms with Crippen molar-refractivity contribution in [2.75, 3.05) is 6.61 Å². The number of nitriles is 1. The molecule has 0 bridgehead atoms. The molecule has 0 aromatic carbocycles. The molecule has 1 heterocycles. The van der Waals surface area contributed by atoms with Crippen LogP contribution < -0.4 is 4.74 Å². The number of nitrogens with zero attached hydrogens (tertiary/aromatic N) is 2. The maximum absolute atomic E-state index is 8.71. The average molecular weight is 188 g/mol. The van der Waals surface area contributed by atoms with Gasteiger partial charge >= 0.3 is 0 Å². The maximum atomic E-state index is 8.71. The molecule has 1 rings (SSSR count). The van der Waals surface area contributed by atoms with Crippen molar-refractivity contribution in [1.29, 1.82) is 5.26 Å². The first-order chi connectivity index (χ1) is 6.76. The molecule has 0 N–H and O–H groups in total. The fraction of sp³-hybridized carbons (Fsp3) is 0.273. The normalized spacial score (nSPS) is 9.14. The number of rotatable bonds is 4. The summed E-state index contributed by atoms with van der Waals surface area (Å²) >= 11 is 0. The molecule has 72 valence electrons. The SMILES string of the molecule is C=CCCOc1cc(C#N)cc(C)n1. The first kappa shape index (κ1) is 10.3. The third-order valence-electron chi connectivity index (χ3n) is 1.63. The van der Waals surface area contributed by atoms with Crippen LogP contribution in [0.1, 0.15) is 17.7 Å². The number of hydrogen-bond donors (Lipinski definition) is 0. The first-order valence-corrected chi connectivity index (χ1v) is 4.38. The lowest BCUT2D eigenvalue weighted by Gasteiger charge is -2.04. The van der Waals surface area contributed by atoms with Gasteiger partial charge in [-0.2, -0.15) is 5.26 Å². The molecular weight excluding hydrogens is 176 g/mol. The van der Waals surface area contributed by atoms with Gasteiger partial charge in [0.05, 0.1) is 18.2 Å². The van der Waals surface area contributed by atoms with Crippen LogP contribution in [0.5, 0.6) is 5.88 Å². The summed E-state index contributed by atoms with van der Waals surface area (Å²) in [5, 5.41) is 8.71. The summed E-state index contributed by atoms with van der Waals surface area (Å²) in [4.78, 5) is 4.15. The van der Waals surface area contributed by atoms with Crippen LogP contribution in [0.25, 0.3) is 0 Å². The molecule has 0 aliphatic heterocycles. The smallest absolute Gasteiger partial charge is 0.214 e. The molecule has 0 saturated heterocycles. The highest BCUT2D eigenvalue weighted by atomic mass is 16.5. The first-order valence-electron chi connectivity index (χ1n) is 4.38. The number of aromatic nitrogens is 1. The standard InChI is InChI=1S/C11H12N2O/c1-3-4-5-14-11-7-10(8-12)6-9(2)13-11/h3,6-7H,1,4-5H2,2H3. The Morgan fingerprint density at radius 3 is 3.07 bits per heavy atom. The Bertz CT molecular complexity index is 366. The fourth-order valence-corrected chi connectivity index (χ4v) is 1.02. The Balaban J connectivity index is 2.72. The van der Waals surface area contributed by atoms with Crippen molar-refractivity contribution in [2.45, 2.75) is 13.3 Å². The minimum atomic E-state index is 0.503. The summed E-state index contributed by atoms with van der Waals surface area (Å²) in [6.45, 7) is 5.97. The van der Waals surface area contributed by atoms with Crippen molar-refractivity contribution < 1.29 is 4.74 Å². The summed E-state index contributed by atoms with van der Waals surface area (Å²) in [6.07, 6.45) is 2.55. The second kappa shape index (κ2) is 5.03. The topological polar surface area (TPSA) is 45.9 Å². The molecule has 0 radical (unpaired) electrons. The van der Waals surface area contributed by atoms with Gasteiger partial charge in [0.2, 0.25) is 5.88 Å². The van der Waals surface area contributed by atoms with E-state index in [1.807, 2.05) is 6.92 Å². The maximum Gasteiger partial charge on any atom is 0.214 e. The Labute approximate surface area is 83.7 Å². The van der Waals surface area contributed by atoms with Crippen LogP contribution in [0.2, 0.25) is 0 Å². The van der Waals surface area contributed by atoms with Crippen LogP contribution in [0, 0.1) is 18.3 Å². The largest absolute Gasteiger partial charge is 0.477 e. The molecule has 0 aliphatic carbocycles. The Hall–Kier alpha value is -1.82. The molecule has 1 aromatic rings. The van der Waals surface area contributed by atoms with E-state index >= 15 is 0 Å². The van der Waals surface area contributed by atoms with Crippen molar-refractivity contribution >= 4 is 0 Å². The number of pyridine rings is 1. The van der Waals surface area contributed by atoms with E-state index in [0.29, 0.717) is 18.1 Å². The molecule has 3 heteroatoms. The van der Waals surface area contributed by atoms with Gasteiger partial charge in [-0.1, -0.05) is 6.08 Å². The molecule has 14 heavy (non-hydrogen) atoms. The lowest BCUT2D eigenvalue weighted by Crippen LogP contribution is -1.99. The lowest BCUT2D eigenvalue weighted by molar-refractivity contribution is 0.312. The Morgan fingerprint density at radius 1 is 1.64 bits per heavy atom. The monoisotopic (exact) mass is 188 g/mol. The molecular formula is C11H12N2O. The minimum absolute atomic E-state index is 0.503. The van der Waals surface area contributed by atoms with Crippen LogP contribution in [0.15, 0.2) is 24.8 Å². The highest BCUT2D eigenvalue weighted by Crippen LogP contribution is 2.11. The van der Waals surface area contributed by atoms with Crippen LogP contribution in [-0.4, -0.2) is 11.6 Å². The molecule has 0 spiro atoms.